The van der Waals surface area contributed by atoms with Gasteiger partial charge in [0.2, 0.25) is 0 Å². The van der Waals surface area contributed by atoms with Crippen molar-refractivity contribution in [3.63, 3.8) is 0 Å². The van der Waals surface area contributed by atoms with Crippen LogP contribution in [0, 0.1) is 11.8 Å². The molecule has 2 nitrogen and oxygen atoms in total. The first-order valence-electron chi connectivity index (χ1n) is 8.75. The first-order chi connectivity index (χ1) is 9.33. The molecule has 0 aromatic carbocycles. The molecule has 0 aromatic rings. The Morgan fingerprint density at radius 2 is 1.58 bits per heavy atom. The fourth-order valence-electron chi connectivity index (χ4n) is 4.78. The third kappa shape index (κ3) is 3.52. The maximum absolute atomic E-state index is 3.77. The Morgan fingerprint density at radius 1 is 0.895 bits per heavy atom. The molecule has 2 unspecified atom stereocenters. The molecule has 1 saturated carbocycles. The summed E-state index contributed by atoms with van der Waals surface area (Å²) in [5.74, 6) is 2.00. The molecule has 1 N–H and O–H groups in total. The van der Waals surface area contributed by atoms with Crippen molar-refractivity contribution in [2.75, 3.05) is 20.1 Å². The summed E-state index contributed by atoms with van der Waals surface area (Å²) in [4.78, 5) is 2.65. The molecule has 2 saturated heterocycles. The summed E-state index contributed by atoms with van der Waals surface area (Å²) in [5.41, 5.74) is 0. The average Bonchev–Trinajstić information content (AvgIpc) is 2.67. The zero-order valence-corrected chi connectivity index (χ0v) is 12.7. The molecule has 2 aliphatic heterocycles. The molecule has 3 fully saturated rings. The van der Waals surface area contributed by atoms with Gasteiger partial charge in [0.05, 0.1) is 0 Å². The third-order valence-electron chi connectivity index (χ3n) is 6.08. The van der Waals surface area contributed by atoms with Crippen LogP contribution >= 0.6 is 0 Å². The number of nitrogens with one attached hydrogen (secondary N) is 1. The Hall–Kier alpha value is -0.0800. The Balaban J connectivity index is 1.30. The van der Waals surface area contributed by atoms with E-state index in [9.17, 15) is 0 Å². The van der Waals surface area contributed by atoms with E-state index in [1.807, 2.05) is 0 Å². The molecule has 19 heavy (non-hydrogen) atoms. The van der Waals surface area contributed by atoms with E-state index in [1.165, 1.54) is 77.3 Å². The topological polar surface area (TPSA) is 15.3 Å². The van der Waals surface area contributed by atoms with Crippen molar-refractivity contribution in [3.8, 4) is 0 Å². The normalized spacial score (nSPS) is 36.8. The van der Waals surface area contributed by atoms with Crippen LogP contribution in [0.15, 0.2) is 0 Å². The zero-order valence-electron chi connectivity index (χ0n) is 12.7. The summed E-state index contributed by atoms with van der Waals surface area (Å²) in [7, 11) is 2.34. The highest BCUT2D eigenvalue weighted by molar-refractivity contribution is 4.93. The van der Waals surface area contributed by atoms with Gasteiger partial charge >= 0.3 is 0 Å². The van der Waals surface area contributed by atoms with Crippen molar-refractivity contribution < 1.29 is 0 Å². The van der Waals surface area contributed by atoms with E-state index in [1.54, 1.807) is 0 Å². The van der Waals surface area contributed by atoms with Gasteiger partial charge in [-0.15, -0.1) is 0 Å². The van der Waals surface area contributed by atoms with Gasteiger partial charge in [-0.25, -0.2) is 0 Å². The summed E-state index contributed by atoms with van der Waals surface area (Å²) in [6.45, 7) is 2.56. The van der Waals surface area contributed by atoms with E-state index < -0.39 is 0 Å². The molecule has 2 atom stereocenters. The molecule has 0 amide bonds. The van der Waals surface area contributed by atoms with Crippen LogP contribution in [0.1, 0.15) is 64.2 Å². The average molecular weight is 264 g/mol. The highest BCUT2D eigenvalue weighted by Crippen LogP contribution is 2.37. The zero-order chi connectivity index (χ0) is 13.1. The predicted molar refractivity (Wildman–Crippen MR) is 81.4 cm³/mol. The Morgan fingerprint density at radius 3 is 2.26 bits per heavy atom. The molecule has 0 spiro atoms. The van der Waals surface area contributed by atoms with Crippen molar-refractivity contribution in [1.29, 1.82) is 0 Å². The molecule has 0 radical (unpaired) electrons. The quantitative estimate of drug-likeness (QED) is 0.766. The van der Waals surface area contributed by atoms with E-state index >= 15 is 0 Å². The second-order valence-electron chi connectivity index (χ2n) is 7.38. The first-order valence-corrected chi connectivity index (χ1v) is 8.75. The van der Waals surface area contributed by atoms with Crippen molar-refractivity contribution in [2.45, 2.75) is 76.3 Å². The van der Waals surface area contributed by atoms with Crippen LogP contribution in [0.4, 0.5) is 0 Å². The molecule has 1 aliphatic carbocycles. The summed E-state index contributed by atoms with van der Waals surface area (Å²) in [6, 6.07) is 1.81. The predicted octanol–water partition coefficient (Wildman–Crippen LogP) is 3.42. The fraction of sp³-hybridized carbons (Fsp3) is 1.00. The highest BCUT2D eigenvalue weighted by atomic mass is 15.2. The lowest BCUT2D eigenvalue weighted by Crippen LogP contribution is -2.42. The van der Waals surface area contributed by atoms with Gasteiger partial charge in [0, 0.05) is 12.1 Å². The van der Waals surface area contributed by atoms with Crippen LogP contribution in [0.3, 0.4) is 0 Å². The standard InChI is InChI=1S/C17H32N2/c1-19-16-7-8-17(19)12-15(11-16)13-18-10-9-14-5-3-2-4-6-14/h14-18H,2-13H2,1H3. The highest BCUT2D eigenvalue weighted by Gasteiger charge is 2.37. The largest absolute Gasteiger partial charge is 0.316 e. The summed E-state index contributed by atoms with van der Waals surface area (Å²) >= 11 is 0. The number of rotatable bonds is 5. The summed E-state index contributed by atoms with van der Waals surface area (Å²) in [5, 5.41) is 3.77. The van der Waals surface area contributed by atoms with Gasteiger partial charge in [-0.3, -0.25) is 0 Å². The molecule has 0 aromatic heterocycles. The third-order valence-corrected chi connectivity index (χ3v) is 6.08. The number of nitrogens with zero attached hydrogens (tertiary/aromatic N) is 1. The number of hydrogen-bond donors (Lipinski definition) is 1. The van der Waals surface area contributed by atoms with Crippen molar-refractivity contribution in [1.82, 2.24) is 10.2 Å². The smallest absolute Gasteiger partial charge is 0.00988 e. The first kappa shape index (κ1) is 13.9. The van der Waals surface area contributed by atoms with Gasteiger partial charge in [-0.2, -0.15) is 0 Å². The van der Waals surface area contributed by atoms with Gasteiger partial charge < -0.3 is 10.2 Å². The van der Waals surface area contributed by atoms with Gasteiger partial charge in [0.1, 0.15) is 0 Å². The van der Waals surface area contributed by atoms with Gasteiger partial charge in [-0.1, -0.05) is 32.1 Å². The second kappa shape index (κ2) is 6.58. The molecular weight excluding hydrogens is 232 g/mol. The SMILES string of the molecule is CN1C2CCC1CC(CNCCC1CCCCC1)C2. The lowest BCUT2D eigenvalue weighted by atomic mass is 9.87. The van der Waals surface area contributed by atoms with Crippen molar-refractivity contribution in [2.24, 2.45) is 11.8 Å². The minimum absolute atomic E-state index is 0.906. The molecule has 3 aliphatic rings. The van der Waals surface area contributed by atoms with Crippen molar-refractivity contribution in [3.05, 3.63) is 0 Å². The Bertz CT molecular complexity index is 258. The van der Waals surface area contributed by atoms with Crippen LogP contribution in [0.25, 0.3) is 0 Å². The van der Waals surface area contributed by atoms with Gasteiger partial charge in [0.25, 0.3) is 0 Å². The number of hydrogen-bond acceptors (Lipinski definition) is 2. The number of fused-ring (bicyclic) bond motifs is 2. The van der Waals surface area contributed by atoms with Crippen LogP contribution in [0.2, 0.25) is 0 Å². The lowest BCUT2D eigenvalue weighted by Gasteiger charge is -2.36. The maximum Gasteiger partial charge on any atom is 0.00988 e. The van der Waals surface area contributed by atoms with E-state index in [0.717, 1.165) is 23.9 Å². The molecule has 110 valence electrons. The van der Waals surface area contributed by atoms with Crippen LogP contribution in [-0.4, -0.2) is 37.1 Å². The van der Waals surface area contributed by atoms with E-state index in [2.05, 4.69) is 17.3 Å². The summed E-state index contributed by atoms with van der Waals surface area (Å²) < 4.78 is 0. The minimum Gasteiger partial charge on any atom is -0.316 e. The summed E-state index contributed by atoms with van der Waals surface area (Å²) in [6.07, 6.45) is 14.7. The van der Waals surface area contributed by atoms with E-state index in [-0.39, 0.29) is 0 Å². The molecule has 2 heterocycles. The maximum atomic E-state index is 3.77. The fourth-order valence-corrected chi connectivity index (χ4v) is 4.78. The Labute approximate surface area is 119 Å². The second-order valence-corrected chi connectivity index (χ2v) is 7.38. The van der Waals surface area contributed by atoms with Crippen LogP contribution in [0.5, 0.6) is 0 Å². The lowest BCUT2D eigenvalue weighted by molar-refractivity contribution is 0.132. The van der Waals surface area contributed by atoms with Gasteiger partial charge in [-0.05, 0) is 64.1 Å². The van der Waals surface area contributed by atoms with E-state index in [0.29, 0.717) is 0 Å². The van der Waals surface area contributed by atoms with E-state index in [4.69, 9.17) is 0 Å². The van der Waals surface area contributed by atoms with Crippen molar-refractivity contribution >= 4 is 0 Å². The minimum atomic E-state index is 0.906. The van der Waals surface area contributed by atoms with Gasteiger partial charge in [0.15, 0.2) is 0 Å². The number of piperidine rings is 1. The monoisotopic (exact) mass is 264 g/mol. The molecule has 2 heteroatoms. The van der Waals surface area contributed by atoms with Crippen LogP contribution < -0.4 is 5.32 Å². The van der Waals surface area contributed by atoms with Crippen LogP contribution in [-0.2, 0) is 0 Å². The Kier molecular flexibility index (Phi) is 4.81. The molecule has 2 bridgehead atoms. The molecule has 3 rings (SSSR count). The molecular formula is C17H32N2.